The van der Waals surface area contributed by atoms with Crippen LogP contribution in [0.2, 0.25) is 0 Å². The van der Waals surface area contributed by atoms with E-state index in [0.29, 0.717) is 18.1 Å². The number of rotatable bonds is 5. The summed E-state index contributed by atoms with van der Waals surface area (Å²) in [6, 6.07) is 5.77. The molecule has 8 nitrogen and oxygen atoms in total. The Kier molecular flexibility index (Phi) is 5.42. The van der Waals surface area contributed by atoms with Crippen molar-refractivity contribution < 1.29 is 24.2 Å². The maximum atomic E-state index is 12.8. The van der Waals surface area contributed by atoms with Crippen molar-refractivity contribution in [2.75, 3.05) is 13.2 Å². The van der Waals surface area contributed by atoms with Gasteiger partial charge in [-0.25, -0.2) is 14.6 Å². The summed E-state index contributed by atoms with van der Waals surface area (Å²) in [4.78, 5) is 31.1. The Balaban J connectivity index is 1.62. The van der Waals surface area contributed by atoms with E-state index in [4.69, 9.17) is 9.47 Å². The third kappa shape index (κ3) is 4.41. The van der Waals surface area contributed by atoms with Gasteiger partial charge in [0.1, 0.15) is 10.5 Å². The van der Waals surface area contributed by atoms with Crippen molar-refractivity contribution in [2.24, 2.45) is 0 Å². The highest BCUT2D eigenvalue weighted by molar-refractivity contribution is 7.18. The van der Waals surface area contributed by atoms with Gasteiger partial charge in [-0.2, -0.15) is 0 Å². The van der Waals surface area contributed by atoms with Crippen LogP contribution in [0.4, 0.5) is 4.79 Å². The molecule has 0 bridgehead atoms. The van der Waals surface area contributed by atoms with E-state index in [9.17, 15) is 14.7 Å². The molecular weight excluding hydrogens is 406 g/mol. The zero-order valence-electron chi connectivity index (χ0n) is 17.3. The number of nitrogens with zero attached hydrogens (tertiary/aromatic N) is 3. The molecule has 0 radical (unpaired) electrons. The van der Waals surface area contributed by atoms with Gasteiger partial charge in [0, 0.05) is 19.3 Å². The van der Waals surface area contributed by atoms with Crippen molar-refractivity contribution in [1.82, 2.24) is 14.3 Å². The SMILES string of the molecule is CC(C)(C)OC(=O)N(Cc1ccc2nc3sc(C(=O)O)cn3c2c1)C[C@H]1CCCO1. The van der Waals surface area contributed by atoms with Gasteiger partial charge < -0.3 is 19.5 Å². The lowest BCUT2D eigenvalue weighted by Crippen LogP contribution is -2.40. The van der Waals surface area contributed by atoms with Crippen molar-refractivity contribution in [1.29, 1.82) is 0 Å². The summed E-state index contributed by atoms with van der Waals surface area (Å²) in [6.07, 6.45) is 3.14. The van der Waals surface area contributed by atoms with E-state index in [1.807, 2.05) is 39.0 Å². The standard InChI is InChI=1S/C21H25N3O5S/c1-21(2,3)29-20(27)23(11-14-5-4-8-28-14)10-13-6-7-15-16(9-13)24-12-17(18(25)26)30-19(24)22-15/h6-7,9,12,14H,4-5,8,10-11H2,1-3H3,(H,25,26)/t14-/m1/s1. The number of ether oxygens (including phenoxy) is 2. The van der Waals surface area contributed by atoms with Crippen molar-refractivity contribution in [3.8, 4) is 0 Å². The highest BCUT2D eigenvalue weighted by Gasteiger charge is 2.27. The quantitative estimate of drug-likeness (QED) is 0.652. The zero-order valence-corrected chi connectivity index (χ0v) is 18.1. The van der Waals surface area contributed by atoms with E-state index in [2.05, 4.69) is 4.98 Å². The maximum absolute atomic E-state index is 12.8. The summed E-state index contributed by atoms with van der Waals surface area (Å²) in [5, 5.41) is 9.24. The Hall–Kier alpha value is -2.65. The van der Waals surface area contributed by atoms with Gasteiger partial charge in [-0.15, -0.1) is 0 Å². The maximum Gasteiger partial charge on any atom is 0.410 e. The first-order valence-electron chi connectivity index (χ1n) is 9.93. The Morgan fingerprint density at radius 3 is 2.87 bits per heavy atom. The fourth-order valence-corrected chi connectivity index (χ4v) is 4.37. The number of hydrogen-bond acceptors (Lipinski definition) is 6. The molecule has 30 heavy (non-hydrogen) atoms. The van der Waals surface area contributed by atoms with Gasteiger partial charge in [0.15, 0.2) is 4.96 Å². The fraction of sp³-hybridized carbons (Fsp3) is 0.476. The van der Waals surface area contributed by atoms with E-state index in [0.717, 1.165) is 47.4 Å². The van der Waals surface area contributed by atoms with Crippen molar-refractivity contribution in [3.63, 3.8) is 0 Å². The topological polar surface area (TPSA) is 93.4 Å². The average molecular weight is 432 g/mol. The first-order valence-corrected chi connectivity index (χ1v) is 10.7. The van der Waals surface area contributed by atoms with E-state index >= 15 is 0 Å². The predicted molar refractivity (Wildman–Crippen MR) is 113 cm³/mol. The summed E-state index contributed by atoms with van der Waals surface area (Å²) in [5.41, 5.74) is 1.92. The summed E-state index contributed by atoms with van der Waals surface area (Å²) < 4.78 is 13.1. The van der Waals surface area contributed by atoms with Gasteiger partial charge in [0.05, 0.1) is 23.7 Å². The summed E-state index contributed by atoms with van der Waals surface area (Å²) in [5.74, 6) is -0.970. The second-order valence-corrected chi connectivity index (χ2v) is 9.49. The lowest BCUT2D eigenvalue weighted by Gasteiger charge is -2.29. The minimum Gasteiger partial charge on any atom is -0.477 e. The fourth-order valence-electron chi connectivity index (χ4n) is 3.54. The van der Waals surface area contributed by atoms with Crippen LogP contribution in [0, 0.1) is 0 Å². The third-order valence-corrected chi connectivity index (χ3v) is 5.82. The molecule has 1 aromatic carbocycles. The largest absolute Gasteiger partial charge is 0.477 e. The average Bonchev–Trinajstić information content (AvgIpc) is 3.35. The Morgan fingerprint density at radius 2 is 2.20 bits per heavy atom. The van der Waals surface area contributed by atoms with Crippen molar-refractivity contribution in [2.45, 2.75) is 51.9 Å². The van der Waals surface area contributed by atoms with Crippen LogP contribution in [-0.2, 0) is 16.0 Å². The number of hydrogen-bond donors (Lipinski definition) is 1. The molecule has 3 aromatic rings. The van der Waals surface area contributed by atoms with E-state index in [-0.39, 0.29) is 17.1 Å². The number of imidazole rings is 1. The van der Waals surface area contributed by atoms with Crippen LogP contribution in [0.5, 0.6) is 0 Å². The number of aromatic carboxylic acids is 1. The molecule has 9 heteroatoms. The molecule has 1 aliphatic heterocycles. The van der Waals surface area contributed by atoms with E-state index < -0.39 is 11.6 Å². The normalized spacial score (nSPS) is 17.0. The lowest BCUT2D eigenvalue weighted by molar-refractivity contribution is 0.00859. The van der Waals surface area contributed by atoms with Crippen molar-refractivity contribution in [3.05, 3.63) is 34.8 Å². The highest BCUT2D eigenvalue weighted by Crippen LogP contribution is 2.26. The minimum absolute atomic E-state index is 0.0120. The van der Waals surface area contributed by atoms with Crippen LogP contribution in [0.3, 0.4) is 0 Å². The summed E-state index contributed by atoms with van der Waals surface area (Å²) in [6.45, 7) is 7.10. The van der Waals surface area contributed by atoms with E-state index in [1.165, 1.54) is 0 Å². The molecule has 1 N–H and O–H groups in total. The Morgan fingerprint density at radius 1 is 1.40 bits per heavy atom. The number of benzene rings is 1. The van der Waals surface area contributed by atoms with Gasteiger partial charge in [-0.1, -0.05) is 17.4 Å². The monoisotopic (exact) mass is 431 g/mol. The predicted octanol–water partition coefficient (Wildman–Crippen LogP) is 4.16. The third-order valence-electron chi connectivity index (χ3n) is 4.85. The number of fused-ring (bicyclic) bond motifs is 3. The zero-order chi connectivity index (χ0) is 21.5. The number of carboxylic acids is 1. The highest BCUT2D eigenvalue weighted by atomic mass is 32.1. The summed E-state index contributed by atoms with van der Waals surface area (Å²) >= 11 is 1.13. The number of carbonyl (C=O) groups excluding carboxylic acids is 1. The van der Waals surface area contributed by atoms with Crippen LogP contribution in [0.15, 0.2) is 24.4 Å². The molecular formula is C21H25N3O5S. The molecule has 1 aliphatic rings. The smallest absolute Gasteiger partial charge is 0.410 e. The lowest BCUT2D eigenvalue weighted by atomic mass is 10.1. The number of carboxylic acid groups (broad SMARTS) is 1. The van der Waals surface area contributed by atoms with Crippen LogP contribution >= 0.6 is 11.3 Å². The minimum atomic E-state index is -0.970. The van der Waals surface area contributed by atoms with Gasteiger partial charge in [0.25, 0.3) is 0 Å². The molecule has 0 unspecified atom stereocenters. The molecule has 1 saturated heterocycles. The Labute approximate surface area is 178 Å². The number of aromatic nitrogens is 2. The molecule has 1 amide bonds. The van der Waals surface area contributed by atoms with Gasteiger partial charge in [0.2, 0.25) is 0 Å². The first-order chi connectivity index (χ1) is 14.2. The Bertz CT molecular complexity index is 1090. The molecule has 0 aliphatic carbocycles. The van der Waals surface area contributed by atoms with Crippen LogP contribution < -0.4 is 0 Å². The van der Waals surface area contributed by atoms with Gasteiger partial charge in [-0.05, 0) is 51.3 Å². The van der Waals surface area contributed by atoms with Crippen LogP contribution in [0.1, 0.15) is 48.8 Å². The summed E-state index contributed by atoms with van der Waals surface area (Å²) in [7, 11) is 0. The van der Waals surface area contributed by atoms with Crippen molar-refractivity contribution >= 4 is 39.4 Å². The molecule has 3 heterocycles. The second kappa shape index (κ2) is 7.88. The molecule has 160 valence electrons. The molecule has 1 atom stereocenters. The van der Waals surface area contributed by atoms with Crippen LogP contribution in [-0.4, -0.2) is 56.3 Å². The second-order valence-electron chi connectivity index (χ2n) is 8.48. The van der Waals surface area contributed by atoms with Gasteiger partial charge in [-0.3, -0.25) is 4.40 Å². The number of carbonyl (C=O) groups is 2. The van der Waals surface area contributed by atoms with Crippen LogP contribution in [0.25, 0.3) is 16.0 Å². The number of amides is 1. The molecule has 0 spiro atoms. The number of thiazole rings is 1. The molecule has 1 fully saturated rings. The molecule has 2 aromatic heterocycles. The van der Waals surface area contributed by atoms with E-state index in [1.54, 1.807) is 15.5 Å². The molecule has 0 saturated carbocycles. The first kappa shape index (κ1) is 20.6. The molecule has 4 rings (SSSR count). The van der Waals surface area contributed by atoms with Gasteiger partial charge >= 0.3 is 12.1 Å².